The summed E-state index contributed by atoms with van der Waals surface area (Å²) in [4.78, 5) is 0. The predicted octanol–water partition coefficient (Wildman–Crippen LogP) is 2.86. The van der Waals surface area contributed by atoms with E-state index in [1.807, 2.05) is 24.3 Å². The first-order valence-corrected chi connectivity index (χ1v) is 4.45. The highest BCUT2D eigenvalue weighted by Crippen LogP contribution is 2.34. The van der Waals surface area contributed by atoms with E-state index in [0.717, 1.165) is 6.42 Å². The first kappa shape index (κ1) is 6.90. The maximum atomic E-state index is 3.27. The molecule has 0 bridgehead atoms. The summed E-state index contributed by atoms with van der Waals surface area (Å²) in [7, 11) is 0. The van der Waals surface area contributed by atoms with Crippen LogP contribution >= 0.6 is 0 Å². The van der Waals surface area contributed by atoms with Crippen LogP contribution in [-0.4, -0.2) is 0 Å². The van der Waals surface area contributed by atoms with Gasteiger partial charge in [0, 0.05) is 0 Å². The lowest BCUT2D eigenvalue weighted by molar-refractivity contribution is 1.26. The molecule has 1 aliphatic carbocycles. The van der Waals surface area contributed by atoms with Crippen molar-refractivity contribution in [2.75, 3.05) is 0 Å². The maximum Gasteiger partial charge on any atom is -0.00130 e. The largest absolute Gasteiger partial charge is 0.0613 e. The second-order valence-electron chi connectivity index (χ2n) is 3.32. The molecule has 0 saturated carbocycles. The van der Waals surface area contributed by atoms with Crippen LogP contribution in [0.4, 0.5) is 0 Å². The number of rotatable bonds is 0. The third-order valence-electron chi connectivity index (χ3n) is 2.52. The first-order valence-electron chi connectivity index (χ1n) is 4.45. The highest BCUT2D eigenvalue weighted by molar-refractivity contribution is 5.75. The SMILES string of the molecule is [c]1cccc2c1-c1[c]cccc1C2. The fraction of sp³-hybridized carbons (Fsp3) is 0.0769. The van der Waals surface area contributed by atoms with Crippen molar-refractivity contribution in [2.24, 2.45) is 0 Å². The van der Waals surface area contributed by atoms with Gasteiger partial charge in [-0.2, -0.15) is 0 Å². The lowest BCUT2D eigenvalue weighted by Crippen LogP contribution is -1.77. The molecule has 0 amide bonds. The number of benzene rings is 2. The Morgan fingerprint density at radius 1 is 0.846 bits per heavy atom. The van der Waals surface area contributed by atoms with Crippen LogP contribution in [0, 0.1) is 12.1 Å². The van der Waals surface area contributed by atoms with Crippen molar-refractivity contribution in [3.8, 4) is 11.1 Å². The van der Waals surface area contributed by atoms with Crippen LogP contribution in [-0.2, 0) is 6.42 Å². The minimum Gasteiger partial charge on any atom is -0.0613 e. The van der Waals surface area contributed by atoms with Crippen LogP contribution in [0.25, 0.3) is 11.1 Å². The van der Waals surface area contributed by atoms with Gasteiger partial charge >= 0.3 is 0 Å². The molecule has 0 aromatic heterocycles. The van der Waals surface area contributed by atoms with E-state index < -0.39 is 0 Å². The Hall–Kier alpha value is -1.56. The summed E-state index contributed by atoms with van der Waals surface area (Å²) in [6.45, 7) is 0. The van der Waals surface area contributed by atoms with E-state index in [9.17, 15) is 0 Å². The van der Waals surface area contributed by atoms with Gasteiger partial charge in [-0.3, -0.25) is 0 Å². The Balaban J connectivity index is 2.32. The fourth-order valence-electron chi connectivity index (χ4n) is 1.91. The summed E-state index contributed by atoms with van der Waals surface area (Å²) in [5.74, 6) is 0. The quantitative estimate of drug-likeness (QED) is 0.479. The molecule has 0 aliphatic heterocycles. The highest BCUT2D eigenvalue weighted by atomic mass is 14.2. The van der Waals surface area contributed by atoms with Crippen LogP contribution in [0.3, 0.4) is 0 Å². The van der Waals surface area contributed by atoms with Crippen molar-refractivity contribution in [3.05, 3.63) is 59.7 Å². The smallest absolute Gasteiger partial charge is 0.00130 e. The van der Waals surface area contributed by atoms with Gasteiger partial charge in [0.25, 0.3) is 0 Å². The highest BCUT2D eigenvalue weighted by Gasteiger charge is 2.16. The van der Waals surface area contributed by atoms with Crippen LogP contribution in [0.1, 0.15) is 11.1 Å². The average Bonchev–Trinajstić information content (AvgIpc) is 2.56. The van der Waals surface area contributed by atoms with E-state index in [-0.39, 0.29) is 0 Å². The Labute approximate surface area is 77.8 Å². The van der Waals surface area contributed by atoms with E-state index in [2.05, 4.69) is 24.3 Å². The van der Waals surface area contributed by atoms with Gasteiger partial charge in [-0.1, -0.05) is 36.4 Å². The van der Waals surface area contributed by atoms with Crippen LogP contribution in [0.5, 0.6) is 0 Å². The van der Waals surface area contributed by atoms with Crippen LogP contribution < -0.4 is 0 Å². The molecule has 0 nitrogen and oxygen atoms in total. The van der Waals surface area contributed by atoms with Crippen molar-refractivity contribution in [1.82, 2.24) is 0 Å². The van der Waals surface area contributed by atoms with Crippen molar-refractivity contribution < 1.29 is 0 Å². The van der Waals surface area contributed by atoms with Crippen LogP contribution in [0.2, 0.25) is 0 Å². The molecular weight excluding hydrogens is 156 g/mol. The molecule has 2 aromatic rings. The third-order valence-corrected chi connectivity index (χ3v) is 2.52. The molecule has 0 heteroatoms. The first-order chi connectivity index (χ1) is 6.45. The summed E-state index contributed by atoms with van der Waals surface area (Å²) in [6.07, 6.45) is 1.04. The number of hydrogen-bond donors (Lipinski definition) is 0. The van der Waals surface area contributed by atoms with E-state index >= 15 is 0 Å². The van der Waals surface area contributed by atoms with Gasteiger partial charge in [0.05, 0.1) is 0 Å². The predicted molar refractivity (Wildman–Crippen MR) is 52.4 cm³/mol. The van der Waals surface area contributed by atoms with Gasteiger partial charge < -0.3 is 0 Å². The second-order valence-corrected chi connectivity index (χ2v) is 3.32. The molecular formula is C13H8. The van der Waals surface area contributed by atoms with Crippen LogP contribution in [0.15, 0.2) is 36.4 Å². The molecule has 0 fully saturated rings. The van der Waals surface area contributed by atoms with Gasteiger partial charge in [-0.05, 0) is 40.8 Å². The standard InChI is InChI=1S/C13H8/c1-3-7-12-10(5-1)9-11-6-2-4-8-13(11)12/h1-6H,9H2. The number of fused-ring (bicyclic) bond motifs is 3. The minimum atomic E-state index is 1.04. The number of hydrogen-bond acceptors (Lipinski definition) is 0. The summed E-state index contributed by atoms with van der Waals surface area (Å²) in [6, 6.07) is 18.9. The Morgan fingerprint density at radius 2 is 1.38 bits per heavy atom. The zero-order valence-electron chi connectivity index (χ0n) is 7.17. The van der Waals surface area contributed by atoms with E-state index in [0.29, 0.717) is 0 Å². The lowest BCUT2D eigenvalue weighted by atomic mass is 10.1. The molecule has 3 rings (SSSR count). The summed E-state index contributed by atoms with van der Waals surface area (Å²) in [5.41, 5.74) is 5.22. The molecule has 0 heterocycles. The van der Waals surface area contributed by atoms with Gasteiger partial charge in [0.15, 0.2) is 0 Å². The van der Waals surface area contributed by atoms with Crippen molar-refractivity contribution in [3.63, 3.8) is 0 Å². The molecule has 0 unspecified atom stereocenters. The topological polar surface area (TPSA) is 0 Å². The molecule has 0 spiro atoms. The molecule has 1 aliphatic rings. The Morgan fingerprint density at radius 3 is 1.92 bits per heavy atom. The lowest BCUT2D eigenvalue weighted by Gasteiger charge is -1.96. The summed E-state index contributed by atoms with van der Waals surface area (Å²) >= 11 is 0. The van der Waals surface area contributed by atoms with Gasteiger partial charge in [-0.15, -0.1) is 0 Å². The monoisotopic (exact) mass is 164 g/mol. The minimum absolute atomic E-state index is 1.04. The maximum absolute atomic E-state index is 3.27. The second kappa shape index (κ2) is 2.46. The Bertz CT molecular complexity index is 412. The average molecular weight is 164 g/mol. The summed E-state index contributed by atoms with van der Waals surface area (Å²) < 4.78 is 0. The van der Waals surface area contributed by atoms with Crippen molar-refractivity contribution in [1.29, 1.82) is 0 Å². The van der Waals surface area contributed by atoms with Crippen molar-refractivity contribution in [2.45, 2.75) is 6.42 Å². The van der Waals surface area contributed by atoms with Gasteiger partial charge in [0.1, 0.15) is 0 Å². The normalized spacial score (nSPS) is 12.3. The van der Waals surface area contributed by atoms with E-state index in [1.165, 1.54) is 22.3 Å². The van der Waals surface area contributed by atoms with Crippen molar-refractivity contribution >= 4 is 0 Å². The molecule has 2 aromatic carbocycles. The summed E-state index contributed by atoms with van der Waals surface area (Å²) in [5, 5.41) is 0. The zero-order chi connectivity index (χ0) is 8.67. The van der Waals surface area contributed by atoms with Gasteiger partial charge in [-0.25, -0.2) is 0 Å². The molecule has 0 saturated heterocycles. The van der Waals surface area contributed by atoms with E-state index in [4.69, 9.17) is 0 Å². The molecule has 0 atom stereocenters. The third kappa shape index (κ3) is 0.919. The van der Waals surface area contributed by atoms with Gasteiger partial charge in [0.2, 0.25) is 0 Å². The molecule has 2 radical (unpaired) electrons. The Kier molecular flexibility index (Phi) is 1.31. The zero-order valence-corrected chi connectivity index (χ0v) is 7.17. The molecule has 0 N–H and O–H groups in total. The molecule has 60 valence electrons. The fourth-order valence-corrected chi connectivity index (χ4v) is 1.91. The molecule has 13 heavy (non-hydrogen) atoms. The van der Waals surface area contributed by atoms with E-state index in [1.54, 1.807) is 0 Å².